The quantitative estimate of drug-likeness (QED) is 0.797. The van der Waals surface area contributed by atoms with Gasteiger partial charge in [0.15, 0.2) is 5.13 Å². The first kappa shape index (κ1) is 15.4. The lowest BCUT2D eigenvalue weighted by molar-refractivity contribution is 0.102. The van der Waals surface area contributed by atoms with Crippen LogP contribution in [0.2, 0.25) is 0 Å². The topological polar surface area (TPSA) is 59.8 Å². The number of nitrogens with zero attached hydrogens (tertiary/aromatic N) is 3. The Hall–Kier alpha value is -2.47. The number of anilines is 1. The van der Waals surface area contributed by atoms with Gasteiger partial charge >= 0.3 is 0 Å². The lowest BCUT2D eigenvalue weighted by Gasteiger charge is -2.09. The summed E-state index contributed by atoms with van der Waals surface area (Å²) in [5.41, 5.74) is 3.61. The van der Waals surface area contributed by atoms with Crippen LogP contribution >= 0.6 is 11.3 Å². The smallest absolute Gasteiger partial charge is 0.259 e. The summed E-state index contributed by atoms with van der Waals surface area (Å²) in [7, 11) is 0. The molecule has 3 heterocycles. The molecule has 0 fully saturated rings. The van der Waals surface area contributed by atoms with Crippen molar-refractivity contribution in [1.29, 1.82) is 0 Å². The number of carbonyl (C=O) groups is 1. The van der Waals surface area contributed by atoms with Crippen LogP contribution in [0.4, 0.5) is 5.13 Å². The zero-order valence-electron chi connectivity index (χ0n) is 13.3. The van der Waals surface area contributed by atoms with Crippen LogP contribution < -0.4 is 5.32 Å². The summed E-state index contributed by atoms with van der Waals surface area (Å²) in [4.78, 5) is 22.1. The van der Waals surface area contributed by atoms with Gasteiger partial charge in [-0.2, -0.15) is 0 Å². The number of pyridine rings is 1. The first-order chi connectivity index (χ1) is 11.0. The van der Waals surface area contributed by atoms with Crippen molar-refractivity contribution >= 4 is 22.4 Å². The maximum Gasteiger partial charge on any atom is 0.259 e. The molecule has 0 spiro atoms. The number of nitrogens with one attached hydrogen (secondary N) is 1. The van der Waals surface area contributed by atoms with Crippen molar-refractivity contribution in [2.45, 2.75) is 27.3 Å². The third-order valence-corrected chi connectivity index (χ3v) is 4.53. The SMILES string of the molecule is Cc1cnc(NC(=O)c2cc(C)n(Cc3ccccn3)c2C)s1. The van der Waals surface area contributed by atoms with Crippen molar-refractivity contribution in [3.05, 3.63) is 64.2 Å². The number of rotatable bonds is 4. The van der Waals surface area contributed by atoms with E-state index in [9.17, 15) is 4.79 Å². The highest BCUT2D eigenvalue weighted by molar-refractivity contribution is 7.15. The average molecular weight is 326 g/mol. The van der Waals surface area contributed by atoms with Crippen LogP contribution in [0, 0.1) is 20.8 Å². The van der Waals surface area contributed by atoms with Crippen molar-refractivity contribution in [2.24, 2.45) is 0 Å². The molecule has 0 aromatic carbocycles. The van der Waals surface area contributed by atoms with Crippen LogP contribution in [0.5, 0.6) is 0 Å². The maximum atomic E-state index is 12.5. The summed E-state index contributed by atoms with van der Waals surface area (Å²) in [6.45, 7) is 6.58. The number of carbonyl (C=O) groups excluding carboxylic acids is 1. The molecule has 0 saturated heterocycles. The molecule has 0 atom stereocenters. The van der Waals surface area contributed by atoms with Crippen LogP contribution in [-0.2, 0) is 6.54 Å². The summed E-state index contributed by atoms with van der Waals surface area (Å²) in [5.74, 6) is -0.125. The Morgan fingerprint density at radius 3 is 2.74 bits per heavy atom. The molecule has 3 rings (SSSR count). The lowest BCUT2D eigenvalue weighted by atomic mass is 10.2. The number of amides is 1. The Morgan fingerprint density at radius 2 is 2.09 bits per heavy atom. The normalized spacial score (nSPS) is 10.7. The third-order valence-electron chi connectivity index (χ3n) is 3.71. The maximum absolute atomic E-state index is 12.5. The highest BCUT2D eigenvalue weighted by Gasteiger charge is 2.17. The van der Waals surface area contributed by atoms with Gasteiger partial charge < -0.3 is 4.57 Å². The first-order valence-electron chi connectivity index (χ1n) is 7.35. The van der Waals surface area contributed by atoms with E-state index >= 15 is 0 Å². The summed E-state index contributed by atoms with van der Waals surface area (Å²) in [6.07, 6.45) is 3.53. The van der Waals surface area contributed by atoms with Gasteiger partial charge in [0.25, 0.3) is 5.91 Å². The number of aromatic nitrogens is 3. The van der Waals surface area contributed by atoms with E-state index in [2.05, 4.69) is 19.9 Å². The molecular formula is C17H18N4OS. The molecule has 0 aliphatic rings. The van der Waals surface area contributed by atoms with Gasteiger partial charge in [0.2, 0.25) is 0 Å². The predicted molar refractivity (Wildman–Crippen MR) is 92.0 cm³/mol. The van der Waals surface area contributed by atoms with Gasteiger partial charge in [-0.3, -0.25) is 15.1 Å². The fourth-order valence-corrected chi connectivity index (χ4v) is 3.16. The predicted octanol–water partition coefficient (Wildman–Crippen LogP) is 3.57. The van der Waals surface area contributed by atoms with Gasteiger partial charge in [0, 0.05) is 28.7 Å². The molecule has 0 unspecified atom stereocenters. The van der Waals surface area contributed by atoms with Crippen LogP contribution in [0.15, 0.2) is 36.7 Å². The fourth-order valence-electron chi connectivity index (χ4n) is 2.50. The highest BCUT2D eigenvalue weighted by atomic mass is 32.1. The van der Waals surface area contributed by atoms with E-state index in [1.165, 1.54) is 11.3 Å². The Balaban J connectivity index is 1.83. The van der Waals surface area contributed by atoms with Gasteiger partial charge in [-0.15, -0.1) is 11.3 Å². The molecule has 1 amide bonds. The van der Waals surface area contributed by atoms with Crippen molar-refractivity contribution in [1.82, 2.24) is 14.5 Å². The van der Waals surface area contributed by atoms with Crippen LogP contribution in [0.1, 0.15) is 32.3 Å². The summed E-state index contributed by atoms with van der Waals surface area (Å²) in [6, 6.07) is 7.76. The second-order valence-electron chi connectivity index (χ2n) is 5.42. The van der Waals surface area contributed by atoms with Gasteiger partial charge in [-0.1, -0.05) is 6.07 Å². The molecule has 0 aliphatic heterocycles. The van der Waals surface area contributed by atoms with E-state index in [0.29, 0.717) is 17.2 Å². The third kappa shape index (κ3) is 3.32. The van der Waals surface area contributed by atoms with E-state index in [0.717, 1.165) is 22.0 Å². The first-order valence-corrected chi connectivity index (χ1v) is 8.16. The van der Waals surface area contributed by atoms with Crippen LogP contribution in [0.25, 0.3) is 0 Å². The summed E-state index contributed by atoms with van der Waals surface area (Å²) < 4.78 is 2.10. The van der Waals surface area contributed by atoms with Crippen LogP contribution in [-0.4, -0.2) is 20.4 Å². The molecule has 118 valence electrons. The monoisotopic (exact) mass is 326 g/mol. The van der Waals surface area contributed by atoms with Crippen LogP contribution in [0.3, 0.4) is 0 Å². The van der Waals surface area contributed by atoms with Gasteiger partial charge in [-0.05, 0) is 39.0 Å². The minimum atomic E-state index is -0.125. The van der Waals surface area contributed by atoms with Crippen molar-refractivity contribution in [3.8, 4) is 0 Å². The molecule has 5 nitrogen and oxygen atoms in total. The number of hydrogen-bond donors (Lipinski definition) is 1. The molecule has 0 saturated carbocycles. The van der Waals surface area contributed by atoms with E-state index in [-0.39, 0.29) is 5.91 Å². The largest absolute Gasteiger partial charge is 0.342 e. The average Bonchev–Trinajstić information content (AvgIpc) is 3.06. The molecule has 3 aromatic heterocycles. The second-order valence-corrected chi connectivity index (χ2v) is 6.66. The van der Waals surface area contributed by atoms with Gasteiger partial charge in [-0.25, -0.2) is 4.98 Å². The molecular weight excluding hydrogens is 308 g/mol. The molecule has 1 N–H and O–H groups in total. The summed E-state index contributed by atoms with van der Waals surface area (Å²) in [5, 5.41) is 3.49. The number of aryl methyl sites for hydroxylation is 2. The number of thiazole rings is 1. The second kappa shape index (κ2) is 6.34. The minimum absolute atomic E-state index is 0.125. The highest BCUT2D eigenvalue weighted by Crippen LogP contribution is 2.21. The van der Waals surface area contributed by atoms with E-state index in [4.69, 9.17) is 0 Å². The Morgan fingerprint density at radius 1 is 1.26 bits per heavy atom. The van der Waals surface area contributed by atoms with Gasteiger partial charge in [0.1, 0.15) is 0 Å². The van der Waals surface area contributed by atoms with Gasteiger partial charge in [0.05, 0.1) is 17.8 Å². The number of hydrogen-bond acceptors (Lipinski definition) is 4. The molecule has 0 aliphatic carbocycles. The fraction of sp³-hybridized carbons (Fsp3) is 0.235. The summed E-state index contributed by atoms with van der Waals surface area (Å²) >= 11 is 1.47. The standard InChI is InChI=1S/C17H18N4OS/c1-11-8-15(16(22)20-17-19-9-12(2)23-17)13(3)21(11)10-14-6-4-5-7-18-14/h4-9H,10H2,1-3H3,(H,19,20,22). The molecule has 0 bridgehead atoms. The van der Waals surface area contributed by atoms with E-state index in [1.54, 1.807) is 12.4 Å². The molecule has 23 heavy (non-hydrogen) atoms. The van der Waals surface area contributed by atoms with Crippen molar-refractivity contribution in [3.63, 3.8) is 0 Å². The zero-order chi connectivity index (χ0) is 16.4. The lowest BCUT2D eigenvalue weighted by Crippen LogP contribution is -2.13. The molecule has 6 heteroatoms. The minimum Gasteiger partial charge on any atom is -0.342 e. The Bertz CT molecular complexity index is 836. The molecule has 0 radical (unpaired) electrons. The molecule has 3 aromatic rings. The zero-order valence-corrected chi connectivity index (χ0v) is 14.1. The van der Waals surface area contributed by atoms with Crippen molar-refractivity contribution in [2.75, 3.05) is 5.32 Å². The van der Waals surface area contributed by atoms with E-state index in [1.807, 2.05) is 45.0 Å². The Kier molecular flexibility index (Phi) is 4.25. The van der Waals surface area contributed by atoms with E-state index < -0.39 is 0 Å². The van der Waals surface area contributed by atoms with Crippen molar-refractivity contribution < 1.29 is 4.79 Å². The Labute approximate surface area is 139 Å².